The predicted octanol–water partition coefficient (Wildman–Crippen LogP) is 0.856. The molecule has 5 atom stereocenters. The van der Waals surface area contributed by atoms with Gasteiger partial charge in [0.05, 0.1) is 29.9 Å². The smallest absolute Gasteiger partial charge is 0.353 e. The molecule has 29 heavy (non-hydrogen) atoms. The first kappa shape index (κ1) is 20.7. The summed E-state index contributed by atoms with van der Waals surface area (Å²) in [6.07, 6.45) is 2.31. The van der Waals surface area contributed by atoms with E-state index < -0.39 is 18.0 Å². The maximum atomic E-state index is 12.4. The van der Waals surface area contributed by atoms with Gasteiger partial charge in [-0.05, 0) is 33.1 Å². The zero-order valence-corrected chi connectivity index (χ0v) is 17.9. The summed E-state index contributed by atoms with van der Waals surface area (Å²) in [5, 5.41) is 20.0. The topological polar surface area (TPSA) is 119 Å². The van der Waals surface area contributed by atoms with Gasteiger partial charge in [0.1, 0.15) is 5.70 Å². The van der Waals surface area contributed by atoms with Gasteiger partial charge >= 0.3 is 5.97 Å². The first-order valence-electron chi connectivity index (χ1n) is 10.4. The molecule has 3 heterocycles. The molecule has 160 valence electrons. The van der Waals surface area contributed by atoms with Crippen LogP contribution in [0.25, 0.3) is 0 Å². The molecule has 3 aliphatic heterocycles. The maximum Gasteiger partial charge on any atom is 0.353 e. The lowest BCUT2D eigenvalue weighted by Crippen LogP contribution is -2.63. The van der Waals surface area contributed by atoms with E-state index >= 15 is 0 Å². The van der Waals surface area contributed by atoms with Crippen molar-refractivity contribution in [1.29, 1.82) is 0 Å². The fourth-order valence-corrected chi connectivity index (χ4v) is 6.93. The number of carboxylic acids is 1. The van der Waals surface area contributed by atoms with Gasteiger partial charge in [-0.15, -0.1) is 11.8 Å². The molecule has 0 aromatic rings. The number of thioether (sulfide) groups is 1. The van der Waals surface area contributed by atoms with Crippen molar-refractivity contribution >= 4 is 29.5 Å². The molecule has 4 rings (SSSR count). The van der Waals surface area contributed by atoms with E-state index in [9.17, 15) is 19.8 Å². The number of β-lactam (4-membered cyclic amide) rings is 1. The summed E-state index contributed by atoms with van der Waals surface area (Å²) >= 11 is 1.62. The van der Waals surface area contributed by atoms with Crippen LogP contribution in [0.1, 0.15) is 40.0 Å². The fraction of sp³-hybridized carbons (Fsp3) is 0.750. The second-order valence-corrected chi connectivity index (χ2v) is 10.2. The molecule has 2 saturated heterocycles. The van der Waals surface area contributed by atoms with Gasteiger partial charge in [0.25, 0.3) is 0 Å². The van der Waals surface area contributed by atoms with Crippen LogP contribution in [0.3, 0.4) is 0 Å². The van der Waals surface area contributed by atoms with Gasteiger partial charge < -0.3 is 20.8 Å². The Balaban J connectivity index is 1.39. The number of aliphatic hydroxyl groups excluding tert-OH is 1. The lowest BCUT2D eigenvalue weighted by atomic mass is 9.79. The van der Waals surface area contributed by atoms with Crippen LogP contribution in [-0.2, 0) is 9.59 Å². The summed E-state index contributed by atoms with van der Waals surface area (Å²) in [6.45, 7) is 7.38. The number of aliphatic hydroxyl groups is 1. The summed E-state index contributed by atoms with van der Waals surface area (Å²) < 4.78 is 0. The average molecular weight is 423 g/mol. The molecule has 3 fully saturated rings. The van der Waals surface area contributed by atoms with E-state index in [-0.39, 0.29) is 29.6 Å². The molecule has 0 aromatic heterocycles. The maximum absolute atomic E-state index is 12.4. The van der Waals surface area contributed by atoms with Gasteiger partial charge in [-0.25, -0.2) is 4.79 Å². The Kier molecular flexibility index (Phi) is 5.41. The minimum atomic E-state index is -1.05. The van der Waals surface area contributed by atoms with Crippen molar-refractivity contribution in [3.05, 3.63) is 10.6 Å². The van der Waals surface area contributed by atoms with E-state index in [4.69, 9.17) is 5.73 Å². The third-order valence-corrected chi connectivity index (χ3v) is 8.31. The molecule has 9 heteroatoms. The summed E-state index contributed by atoms with van der Waals surface area (Å²) in [7, 11) is 0. The number of hydrogen-bond donors (Lipinski definition) is 3. The van der Waals surface area contributed by atoms with E-state index in [1.807, 2.05) is 13.8 Å². The van der Waals surface area contributed by atoms with Gasteiger partial charge in [0.15, 0.2) is 0 Å². The van der Waals surface area contributed by atoms with Crippen LogP contribution in [0, 0.1) is 11.8 Å². The van der Waals surface area contributed by atoms with Crippen molar-refractivity contribution < 1.29 is 19.8 Å². The zero-order chi connectivity index (χ0) is 21.0. The number of carboxylic acid groups (broad SMARTS) is 1. The third-order valence-electron chi connectivity index (χ3n) is 6.77. The Morgan fingerprint density at radius 3 is 2.66 bits per heavy atom. The highest BCUT2D eigenvalue weighted by atomic mass is 32.2. The highest BCUT2D eigenvalue weighted by molar-refractivity contribution is 8.03. The second kappa shape index (κ2) is 7.59. The van der Waals surface area contributed by atoms with Crippen molar-refractivity contribution in [3.8, 4) is 0 Å². The van der Waals surface area contributed by atoms with Crippen molar-refractivity contribution in [2.45, 2.75) is 69.5 Å². The number of likely N-dealkylation sites (tertiary alicyclic amines) is 1. The molecular formula is C20H30N4O4S. The number of amidine groups is 1. The van der Waals surface area contributed by atoms with E-state index in [0.717, 1.165) is 37.3 Å². The van der Waals surface area contributed by atoms with Crippen LogP contribution in [0.5, 0.6) is 0 Å². The summed E-state index contributed by atoms with van der Waals surface area (Å²) in [5.41, 5.74) is 5.83. The number of nitrogens with two attached hydrogens (primary N) is 1. The van der Waals surface area contributed by atoms with Gasteiger partial charge in [-0.3, -0.25) is 14.7 Å². The van der Waals surface area contributed by atoms with Crippen LogP contribution >= 0.6 is 11.8 Å². The van der Waals surface area contributed by atoms with E-state index in [2.05, 4.69) is 9.89 Å². The van der Waals surface area contributed by atoms with Crippen molar-refractivity contribution in [2.75, 3.05) is 13.1 Å². The Morgan fingerprint density at radius 1 is 1.38 bits per heavy atom. The van der Waals surface area contributed by atoms with Crippen molar-refractivity contribution in [2.24, 2.45) is 22.6 Å². The van der Waals surface area contributed by atoms with Crippen molar-refractivity contribution in [1.82, 2.24) is 9.80 Å². The van der Waals surface area contributed by atoms with E-state index in [1.165, 1.54) is 4.90 Å². The minimum absolute atomic E-state index is 0.0551. The normalized spacial score (nSPS) is 38.7. The van der Waals surface area contributed by atoms with Gasteiger partial charge in [0.2, 0.25) is 5.91 Å². The van der Waals surface area contributed by atoms with Crippen LogP contribution in [0.2, 0.25) is 0 Å². The molecule has 0 radical (unpaired) electrons. The number of rotatable bonds is 6. The molecule has 0 spiro atoms. The number of nitrogens with zero attached hydrogens (tertiary/aromatic N) is 3. The minimum Gasteiger partial charge on any atom is -0.477 e. The highest BCUT2D eigenvalue weighted by Gasteiger charge is 2.60. The molecule has 0 bridgehead atoms. The lowest BCUT2D eigenvalue weighted by molar-refractivity contribution is -0.163. The lowest BCUT2D eigenvalue weighted by Gasteiger charge is -2.46. The van der Waals surface area contributed by atoms with Gasteiger partial charge in [0, 0.05) is 35.2 Å². The fourth-order valence-electron chi connectivity index (χ4n) is 5.28. The van der Waals surface area contributed by atoms with Crippen LogP contribution in [-0.4, -0.2) is 80.3 Å². The standard InChI is InChI=1S/C20H30N4O4S/c1-9-16-15(10(2)25)19(26)24(16)17(20(27)28)18(9)29-14-6-13(7-14)23-5-4-12(8-23)22-11(3)21/h9-10,12-16,25H,4-8H2,1-3H3,(H2,21,22)(H,27,28)/t9-,10-,12+,13?,14?,15-,16-/m1/s1. The Labute approximate surface area is 175 Å². The molecule has 4 N–H and O–H groups in total. The third kappa shape index (κ3) is 3.47. The van der Waals surface area contributed by atoms with Crippen molar-refractivity contribution in [3.63, 3.8) is 0 Å². The Hall–Kier alpha value is -1.58. The Morgan fingerprint density at radius 2 is 2.07 bits per heavy atom. The zero-order valence-electron chi connectivity index (χ0n) is 17.1. The molecular weight excluding hydrogens is 392 g/mol. The van der Waals surface area contributed by atoms with Crippen LogP contribution in [0.15, 0.2) is 15.6 Å². The second-order valence-electron chi connectivity index (χ2n) is 8.84. The molecule has 0 unspecified atom stereocenters. The summed E-state index contributed by atoms with van der Waals surface area (Å²) in [4.78, 5) is 33.5. The van der Waals surface area contributed by atoms with Crippen LogP contribution in [0.4, 0.5) is 0 Å². The summed E-state index contributed by atoms with van der Waals surface area (Å²) in [6, 6.07) is 0.568. The van der Waals surface area contributed by atoms with E-state index in [1.54, 1.807) is 18.7 Å². The van der Waals surface area contributed by atoms with Gasteiger partial charge in [-0.1, -0.05) is 6.92 Å². The average Bonchev–Trinajstić information content (AvgIpc) is 3.11. The summed E-state index contributed by atoms with van der Waals surface area (Å²) in [5.74, 6) is -1.24. The quantitative estimate of drug-likeness (QED) is 0.330. The number of carbonyl (C=O) groups is 2. The molecule has 1 aliphatic carbocycles. The number of aliphatic carboxylic acids is 1. The number of amides is 1. The number of aliphatic imine (C=N–C) groups is 1. The first-order valence-corrected chi connectivity index (χ1v) is 11.3. The molecule has 1 saturated carbocycles. The number of carbonyl (C=O) groups excluding carboxylic acids is 1. The Bertz CT molecular complexity index is 772. The predicted molar refractivity (Wildman–Crippen MR) is 111 cm³/mol. The number of fused-ring (bicyclic) bond motifs is 1. The molecule has 1 amide bonds. The van der Waals surface area contributed by atoms with E-state index in [0.29, 0.717) is 17.1 Å². The molecule has 0 aromatic carbocycles. The van der Waals surface area contributed by atoms with Crippen LogP contribution < -0.4 is 5.73 Å². The molecule has 8 nitrogen and oxygen atoms in total. The SMILES string of the molecule is CC(N)=N[C@H]1CCN(C2CC(SC3=C(C(=O)O)N4C(=O)[C@H]([C@@H](C)O)[C@H]4[C@H]3C)C2)C1. The monoisotopic (exact) mass is 422 g/mol. The molecule has 4 aliphatic rings. The highest BCUT2D eigenvalue weighted by Crippen LogP contribution is 2.53. The largest absolute Gasteiger partial charge is 0.477 e. The van der Waals surface area contributed by atoms with Gasteiger partial charge in [-0.2, -0.15) is 0 Å². The number of hydrogen-bond acceptors (Lipinski definition) is 6. The first-order chi connectivity index (χ1) is 13.7.